The highest BCUT2D eigenvalue weighted by molar-refractivity contribution is 5.91. The van der Waals surface area contributed by atoms with E-state index in [2.05, 4.69) is 5.32 Å². The molecular formula is C26H36N6O3. The summed E-state index contributed by atoms with van der Waals surface area (Å²) < 4.78 is 0. The van der Waals surface area contributed by atoms with Gasteiger partial charge in [-0.2, -0.15) is 0 Å². The monoisotopic (exact) mass is 480 g/mol. The van der Waals surface area contributed by atoms with Gasteiger partial charge in [0.05, 0.1) is 12.6 Å². The van der Waals surface area contributed by atoms with Crippen molar-refractivity contribution in [2.75, 3.05) is 33.7 Å². The molecule has 188 valence electrons. The van der Waals surface area contributed by atoms with Crippen molar-refractivity contribution in [3.8, 4) is 0 Å². The summed E-state index contributed by atoms with van der Waals surface area (Å²) in [5.74, 6) is -0.585. The number of benzene rings is 2. The minimum Gasteiger partial charge on any atom is -0.350 e. The van der Waals surface area contributed by atoms with Crippen LogP contribution in [-0.2, 0) is 29.1 Å². The van der Waals surface area contributed by atoms with Crippen molar-refractivity contribution >= 4 is 17.8 Å². The second-order valence-electron chi connectivity index (χ2n) is 9.04. The second kappa shape index (κ2) is 12.3. The van der Waals surface area contributed by atoms with Crippen LogP contribution in [0, 0.1) is 0 Å². The fraction of sp³-hybridized carbons (Fsp3) is 0.423. The fourth-order valence-corrected chi connectivity index (χ4v) is 4.13. The van der Waals surface area contributed by atoms with E-state index in [1.54, 1.807) is 19.0 Å². The van der Waals surface area contributed by atoms with E-state index in [1.807, 2.05) is 54.6 Å². The van der Waals surface area contributed by atoms with Gasteiger partial charge in [-0.25, -0.2) is 4.79 Å². The highest BCUT2D eigenvalue weighted by atomic mass is 16.2. The first-order chi connectivity index (χ1) is 16.8. The van der Waals surface area contributed by atoms with Crippen molar-refractivity contribution in [3.05, 3.63) is 71.3 Å². The molecule has 0 aliphatic carbocycles. The number of nitrogens with zero attached hydrogens (tertiary/aromatic N) is 3. The highest BCUT2D eigenvalue weighted by Crippen LogP contribution is 2.15. The van der Waals surface area contributed by atoms with Gasteiger partial charge in [0.25, 0.3) is 0 Å². The Labute approximate surface area is 207 Å². The summed E-state index contributed by atoms with van der Waals surface area (Å²) in [6.45, 7) is 1.47. The molecule has 1 aliphatic rings. The Morgan fingerprint density at radius 3 is 2.29 bits per heavy atom. The van der Waals surface area contributed by atoms with Crippen molar-refractivity contribution in [2.45, 2.75) is 38.0 Å². The lowest BCUT2D eigenvalue weighted by Crippen LogP contribution is -2.64. The van der Waals surface area contributed by atoms with Crippen LogP contribution >= 0.6 is 0 Å². The van der Waals surface area contributed by atoms with E-state index in [9.17, 15) is 14.4 Å². The van der Waals surface area contributed by atoms with E-state index >= 15 is 0 Å². The summed E-state index contributed by atoms with van der Waals surface area (Å²) in [5, 5.41) is 2.92. The molecule has 2 aromatic carbocycles. The van der Waals surface area contributed by atoms with Crippen LogP contribution < -0.4 is 16.8 Å². The summed E-state index contributed by atoms with van der Waals surface area (Å²) in [6.07, 6.45) is 1.14. The molecule has 9 heteroatoms. The highest BCUT2D eigenvalue weighted by Gasteiger charge is 2.38. The van der Waals surface area contributed by atoms with E-state index < -0.39 is 12.1 Å². The first-order valence-corrected chi connectivity index (χ1v) is 11.9. The summed E-state index contributed by atoms with van der Waals surface area (Å²) in [7, 11) is 3.33. The number of hydrogen-bond donors (Lipinski definition) is 3. The van der Waals surface area contributed by atoms with Gasteiger partial charge >= 0.3 is 6.03 Å². The first-order valence-electron chi connectivity index (χ1n) is 11.9. The number of carbonyl (C=O) groups is 3. The van der Waals surface area contributed by atoms with Crippen LogP contribution in [0.4, 0.5) is 4.79 Å². The number of nitrogens with two attached hydrogens (primary N) is 2. The number of amides is 4. The maximum Gasteiger partial charge on any atom is 0.319 e. The van der Waals surface area contributed by atoms with Crippen LogP contribution in [-0.4, -0.2) is 78.4 Å². The molecule has 5 N–H and O–H groups in total. The van der Waals surface area contributed by atoms with Crippen LogP contribution in [0.25, 0.3) is 0 Å². The summed E-state index contributed by atoms with van der Waals surface area (Å²) >= 11 is 0. The van der Waals surface area contributed by atoms with E-state index in [0.717, 1.165) is 16.7 Å². The molecule has 2 unspecified atom stereocenters. The van der Waals surface area contributed by atoms with Crippen molar-refractivity contribution in [1.29, 1.82) is 0 Å². The molecule has 0 spiro atoms. The Bertz CT molecular complexity index is 996. The number of piperazine rings is 1. The largest absolute Gasteiger partial charge is 0.350 e. The first kappa shape index (κ1) is 26.2. The SMILES string of the molecule is CN(C)C(=O)N1CCN(C(=O)C(N)CCc2ccccc2)C(C(=O)NCc2ccc(CN)cc2)C1. The van der Waals surface area contributed by atoms with Gasteiger partial charge in [0, 0.05) is 40.3 Å². The molecule has 0 bridgehead atoms. The van der Waals surface area contributed by atoms with Crippen molar-refractivity contribution in [2.24, 2.45) is 11.5 Å². The lowest BCUT2D eigenvalue weighted by atomic mass is 10.0. The third-order valence-electron chi connectivity index (χ3n) is 6.25. The number of urea groups is 1. The number of rotatable bonds is 8. The standard InChI is InChI=1S/C26H36N6O3/c1-30(2)26(35)31-14-15-32(25(34)22(28)13-12-19-6-4-3-5-7-19)23(18-31)24(33)29-17-21-10-8-20(16-27)9-11-21/h3-11,22-23H,12-18,27-28H2,1-2H3,(H,29,33). The molecule has 4 amide bonds. The molecule has 0 radical (unpaired) electrons. The third-order valence-corrected chi connectivity index (χ3v) is 6.25. The van der Waals surface area contributed by atoms with E-state index in [1.165, 1.54) is 9.80 Å². The fourth-order valence-electron chi connectivity index (χ4n) is 4.13. The zero-order valence-corrected chi connectivity index (χ0v) is 20.5. The Balaban J connectivity index is 1.68. The Hall–Kier alpha value is -3.43. The molecule has 0 saturated carbocycles. The zero-order valence-electron chi connectivity index (χ0n) is 20.5. The van der Waals surface area contributed by atoms with Crippen LogP contribution in [0.5, 0.6) is 0 Å². The number of hydrogen-bond acceptors (Lipinski definition) is 5. The van der Waals surface area contributed by atoms with Crippen LogP contribution in [0.15, 0.2) is 54.6 Å². The Morgan fingerprint density at radius 1 is 1.00 bits per heavy atom. The van der Waals surface area contributed by atoms with Gasteiger partial charge < -0.3 is 31.5 Å². The minimum absolute atomic E-state index is 0.117. The smallest absolute Gasteiger partial charge is 0.319 e. The summed E-state index contributed by atoms with van der Waals surface area (Å²) in [5.41, 5.74) is 15.0. The molecular weight excluding hydrogens is 444 g/mol. The second-order valence-corrected chi connectivity index (χ2v) is 9.04. The molecule has 35 heavy (non-hydrogen) atoms. The average Bonchev–Trinajstić information content (AvgIpc) is 2.89. The molecule has 9 nitrogen and oxygen atoms in total. The van der Waals surface area contributed by atoms with Gasteiger partial charge in [-0.05, 0) is 29.5 Å². The molecule has 3 rings (SSSR count). The lowest BCUT2D eigenvalue weighted by Gasteiger charge is -2.42. The van der Waals surface area contributed by atoms with Gasteiger partial charge in [-0.1, -0.05) is 54.6 Å². The van der Waals surface area contributed by atoms with Gasteiger partial charge in [-0.3, -0.25) is 9.59 Å². The maximum atomic E-state index is 13.3. The van der Waals surface area contributed by atoms with Gasteiger partial charge in [-0.15, -0.1) is 0 Å². The molecule has 1 fully saturated rings. The maximum absolute atomic E-state index is 13.3. The van der Waals surface area contributed by atoms with Gasteiger partial charge in [0.2, 0.25) is 11.8 Å². The minimum atomic E-state index is -0.814. The quantitative estimate of drug-likeness (QED) is 0.518. The average molecular weight is 481 g/mol. The van der Waals surface area contributed by atoms with Crippen LogP contribution in [0.3, 0.4) is 0 Å². The molecule has 1 aliphatic heterocycles. The predicted octanol–water partition coefficient (Wildman–Crippen LogP) is 0.916. The van der Waals surface area contributed by atoms with Gasteiger partial charge in [0.1, 0.15) is 6.04 Å². The van der Waals surface area contributed by atoms with Crippen molar-refractivity contribution < 1.29 is 14.4 Å². The Kier molecular flexibility index (Phi) is 9.22. The molecule has 2 atom stereocenters. The number of nitrogens with one attached hydrogen (secondary N) is 1. The predicted molar refractivity (Wildman–Crippen MR) is 135 cm³/mol. The van der Waals surface area contributed by atoms with E-state index in [0.29, 0.717) is 32.5 Å². The van der Waals surface area contributed by atoms with Crippen molar-refractivity contribution in [3.63, 3.8) is 0 Å². The zero-order chi connectivity index (χ0) is 25.4. The molecule has 1 saturated heterocycles. The molecule has 0 aromatic heterocycles. The third kappa shape index (κ3) is 7.03. The topological polar surface area (TPSA) is 125 Å². The van der Waals surface area contributed by atoms with E-state index in [-0.39, 0.29) is 30.9 Å². The number of carbonyl (C=O) groups excluding carboxylic acids is 3. The van der Waals surface area contributed by atoms with Crippen molar-refractivity contribution in [1.82, 2.24) is 20.0 Å². The van der Waals surface area contributed by atoms with Gasteiger partial charge in [0.15, 0.2) is 0 Å². The molecule has 1 heterocycles. The lowest BCUT2D eigenvalue weighted by molar-refractivity contribution is -0.144. The molecule has 2 aromatic rings. The Morgan fingerprint density at radius 2 is 1.66 bits per heavy atom. The number of aryl methyl sites for hydroxylation is 1. The van der Waals surface area contributed by atoms with E-state index in [4.69, 9.17) is 11.5 Å². The summed E-state index contributed by atoms with van der Waals surface area (Å²) in [6, 6.07) is 15.8. The van der Waals surface area contributed by atoms with Crippen LogP contribution in [0.1, 0.15) is 23.1 Å². The summed E-state index contributed by atoms with van der Waals surface area (Å²) in [4.78, 5) is 43.7. The van der Waals surface area contributed by atoms with Crippen LogP contribution in [0.2, 0.25) is 0 Å². The normalized spacial score (nSPS) is 16.5.